The van der Waals surface area contributed by atoms with Crippen LogP contribution < -0.4 is 0 Å². The minimum atomic E-state index is -0.467. The van der Waals surface area contributed by atoms with Gasteiger partial charge < -0.3 is 5.21 Å². The summed E-state index contributed by atoms with van der Waals surface area (Å²) in [6.45, 7) is 1.65. The average Bonchev–Trinajstić information content (AvgIpc) is 1.65. The summed E-state index contributed by atoms with van der Waals surface area (Å²) in [5.74, 6) is 0. The van der Waals surface area contributed by atoms with Crippen LogP contribution in [0.2, 0.25) is 0 Å². The van der Waals surface area contributed by atoms with Crippen LogP contribution in [0.4, 0.5) is 0 Å². The first-order valence-electron chi connectivity index (χ1n) is 2.12. The highest BCUT2D eigenvalue weighted by Gasteiger charge is 1.99. The molecule has 48 valence electrons. The number of halogens is 2. The van der Waals surface area contributed by atoms with Crippen LogP contribution in [0.1, 0.15) is 13.3 Å². The van der Waals surface area contributed by atoms with Gasteiger partial charge in [-0.05, 0) is 6.92 Å². The molecule has 0 fully saturated rings. The Bertz CT molecular complexity index is 92.0. The molecule has 0 bridgehead atoms. The third kappa shape index (κ3) is 4.22. The lowest BCUT2D eigenvalue weighted by atomic mass is 10.3. The van der Waals surface area contributed by atoms with Crippen molar-refractivity contribution in [3.63, 3.8) is 0 Å². The first kappa shape index (κ1) is 8.05. The second kappa shape index (κ2) is 3.98. The Balaban J connectivity index is 3.39. The zero-order valence-electron chi connectivity index (χ0n) is 4.43. The van der Waals surface area contributed by atoms with Crippen molar-refractivity contribution >= 4 is 28.9 Å². The second-order valence-corrected chi connectivity index (χ2v) is 2.71. The summed E-state index contributed by atoms with van der Waals surface area (Å²) in [5.41, 5.74) is 0.542. The predicted molar refractivity (Wildman–Crippen MR) is 35.0 cm³/mol. The molecule has 0 amide bonds. The Hall–Kier alpha value is 0.0500. The SMILES string of the molecule is C/C(CC(Cl)Cl)=N\O. The highest BCUT2D eigenvalue weighted by Crippen LogP contribution is 2.06. The zero-order valence-corrected chi connectivity index (χ0v) is 5.95. The molecule has 0 saturated carbocycles. The highest BCUT2D eigenvalue weighted by atomic mass is 35.5. The van der Waals surface area contributed by atoms with Gasteiger partial charge in [0.25, 0.3) is 0 Å². The van der Waals surface area contributed by atoms with Crippen molar-refractivity contribution < 1.29 is 5.21 Å². The van der Waals surface area contributed by atoms with Gasteiger partial charge in [0.15, 0.2) is 0 Å². The molecule has 0 aromatic rings. The monoisotopic (exact) mass is 155 g/mol. The van der Waals surface area contributed by atoms with E-state index in [1.807, 2.05) is 0 Å². The summed E-state index contributed by atoms with van der Waals surface area (Å²) in [5, 5.41) is 10.9. The first-order valence-corrected chi connectivity index (χ1v) is 2.99. The third-order valence-corrected chi connectivity index (χ3v) is 0.929. The van der Waals surface area contributed by atoms with E-state index < -0.39 is 4.84 Å². The summed E-state index contributed by atoms with van der Waals surface area (Å²) in [6.07, 6.45) is 0.416. The normalized spacial score (nSPS) is 12.8. The van der Waals surface area contributed by atoms with E-state index in [1.165, 1.54) is 0 Å². The number of nitrogens with zero attached hydrogens (tertiary/aromatic N) is 1. The molecule has 0 spiro atoms. The van der Waals surface area contributed by atoms with Crippen molar-refractivity contribution in [3.8, 4) is 0 Å². The molecule has 0 heterocycles. The van der Waals surface area contributed by atoms with Gasteiger partial charge in [-0.15, -0.1) is 23.2 Å². The van der Waals surface area contributed by atoms with Crippen LogP contribution in [-0.4, -0.2) is 15.8 Å². The lowest BCUT2D eigenvalue weighted by molar-refractivity contribution is 0.317. The third-order valence-electron chi connectivity index (χ3n) is 0.620. The van der Waals surface area contributed by atoms with Crippen LogP contribution in [0.25, 0.3) is 0 Å². The lowest BCUT2D eigenvalue weighted by Gasteiger charge is -1.95. The number of alkyl halides is 2. The molecule has 8 heavy (non-hydrogen) atoms. The predicted octanol–water partition coefficient (Wildman–Crippen LogP) is 2.03. The maximum absolute atomic E-state index is 8.05. The van der Waals surface area contributed by atoms with Gasteiger partial charge in [-0.1, -0.05) is 5.16 Å². The summed E-state index contributed by atoms with van der Waals surface area (Å²) in [4.78, 5) is -0.467. The van der Waals surface area contributed by atoms with Crippen molar-refractivity contribution in [1.82, 2.24) is 0 Å². The second-order valence-electron chi connectivity index (χ2n) is 1.43. The van der Waals surface area contributed by atoms with Gasteiger partial charge in [-0.2, -0.15) is 0 Å². The zero-order chi connectivity index (χ0) is 6.57. The summed E-state index contributed by atoms with van der Waals surface area (Å²) in [7, 11) is 0. The first-order chi connectivity index (χ1) is 3.66. The molecule has 0 aromatic carbocycles. The molecular formula is C4H7Cl2NO. The van der Waals surface area contributed by atoms with Gasteiger partial charge in [-0.25, -0.2) is 0 Å². The van der Waals surface area contributed by atoms with E-state index >= 15 is 0 Å². The van der Waals surface area contributed by atoms with Crippen LogP contribution in [0.15, 0.2) is 5.16 Å². The van der Waals surface area contributed by atoms with Gasteiger partial charge in [0.2, 0.25) is 0 Å². The Morgan fingerprint density at radius 1 is 1.75 bits per heavy atom. The van der Waals surface area contributed by atoms with Crippen molar-refractivity contribution in [2.75, 3.05) is 0 Å². The van der Waals surface area contributed by atoms with Crippen molar-refractivity contribution in [2.24, 2.45) is 5.16 Å². The standard InChI is InChI=1S/C4H7Cl2NO/c1-3(7-8)2-4(5)6/h4,8H,2H2,1H3/b7-3+. The van der Waals surface area contributed by atoms with E-state index in [-0.39, 0.29) is 0 Å². The number of oxime groups is 1. The molecule has 0 radical (unpaired) electrons. The smallest absolute Gasteiger partial charge is 0.113 e. The summed E-state index contributed by atoms with van der Waals surface area (Å²) in [6, 6.07) is 0. The molecule has 0 aliphatic carbocycles. The largest absolute Gasteiger partial charge is 0.411 e. The Labute approximate surface area is 58.1 Å². The number of hydrogen-bond acceptors (Lipinski definition) is 2. The van der Waals surface area contributed by atoms with Crippen LogP contribution in [-0.2, 0) is 0 Å². The summed E-state index contributed by atoms with van der Waals surface area (Å²) >= 11 is 10.6. The molecule has 0 unspecified atom stereocenters. The maximum Gasteiger partial charge on any atom is 0.113 e. The topological polar surface area (TPSA) is 32.6 Å². The maximum atomic E-state index is 8.05. The van der Waals surface area contributed by atoms with Gasteiger partial charge in [-0.3, -0.25) is 0 Å². The molecule has 0 rings (SSSR count). The molecule has 1 N–H and O–H groups in total. The Morgan fingerprint density at radius 2 is 2.25 bits per heavy atom. The van der Waals surface area contributed by atoms with Gasteiger partial charge in [0, 0.05) is 6.42 Å². The number of rotatable bonds is 2. The molecule has 0 atom stereocenters. The summed E-state index contributed by atoms with van der Waals surface area (Å²) < 4.78 is 0. The van der Waals surface area contributed by atoms with Gasteiger partial charge >= 0.3 is 0 Å². The molecule has 0 aliphatic heterocycles. The van der Waals surface area contributed by atoms with Crippen LogP contribution in [0.5, 0.6) is 0 Å². The molecular weight excluding hydrogens is 149 g/mol. The van der Waals surface area contributed by atoms with Crippen molar-refractivity contribution in [2.45, 2.75) is 18.2 Å². The van der Waals surface area contributed by atoms with E-state index in [1.54, 1.807) is 6.92 Å². The Morgan fingerprint density at radius 3 is 2.38 bits per heavy atom. The van der Waals surface area contributed by atoms with Crippen LogP contribution in [0, 0.1) is 0 Å². The van der Waals surface area contributed by atoms with E-state index in [4.69, 9.17) is 28.4 Å². The fourth-order valence-electron chi connectivity index (χ4n) is 0.264. The lowest BCUT2D eigenvalue weighted by Crippen LogP contribution is -1.97. The van der Waals surface area contributed by atoms with Crippen molar-refractivity contribution in [1.29, 1.82) is 0 Å². The van der Waals surface area contributed by atoms with E-state index in [9.17, 15) is 0 Å². The van der Waals surface area contributed by atoms with E-state index in [2.05, 4.69) is 5.16 Å². The minimum Gasteiger partial charge on any atom is -0.411 e. The molecule has 0 saturated heterocycles. The highest BCUT2D eigenvalue weighted by molar-refractivity contribution is 6.45. The number of hydrogen-bond donors (Lipinski definition) is 1. The van der Waals surface area contributed by atoms with Gasteiger partial charge in [0.1, 0.15) is 4.84 Å². The average molecular weight is 156 g/mol. The Kier molecular flexibility index (Phi) is 4.01. The minimum absolute atomic E-state index is 0.416. The van der Waals surface area contributed by atoms with Gasteiger partial charge in [0.05, 0.1) is 5.71 Å². The molecule has 2 nitrogen and oxygen atoms in total. The molecule has 0 aliphatic rings. The quantitative estimate of drug-likeness (QED) is 0.282. The fraction of sp³-hybridized carbons (Fsp3) is 0.750. The molecule has 4 heteroatoms. The van der Waals surface area contributed by atoms with E-state index in [0.717, 1.165) is 0 Å². The molecule has 0 aromatic heterocycles. The van der Waals surface area contributed by atoms with Crippen molar-refractivity contribution in [3.05, 3.63) is 0 Å². The van der Waals surface area contributed by atoms with Crippen LogP contribution >= 0.6 is 23.2 Å². The van der Waals surface area contributed by atoms with Crippen LogP contribution in [0.3, 0.4) is 0 Å². The fourth-order valence-corrected chi connectivity index (χ4v) is 0.711. The van der Waals surface area contributed by atoms with E-state index in [0.29, 0.717) is 12.1 Å².